The second kappa shape index (κ2) is 9.36. The molecule has 1 unspecified atom stereocenters. The Morgan fingerprint density at radius 1 is 1.06 bits per heavy atom. The van der Waals surface area contributed by atoms with Gasteiger partial charge in [0.15, 0.2) is 0 Å². The van der Waals surface area contributed by atoms with Crippen molar-refractivity contribution in [2.45, 2.75) is 26.3 Å². The lowest BCUT2D eigenvalue weighted by molar-refractivity contribution is -0.138. The lowest BCUT2D eigenvalue weighted by Crippen LogP contribution is -2.40. The minimum atomic E-state index is -0.327. The molecule has 2 aromatic carbocycles. The van der Waals surface area contributed by atoms with E-state index in [4.69, 9.17) is 0 Å². The summed E-state index contributed by atoms with van der Waals surface area (Å²) >= 11 is 0. The zero-order valence-electron chi connectivity index (χ0n) is 18.1. The molecular weight excluding hydrogens is 406 g/mol. The van der Waals surface area contributed by atoms with Crippen LogP contribution in [-0.2, 0) is 20.9 Å². The summed E-state index contributed by atoms with van der Waals surface area (Å²) in [6.07, 6.45) is 1.75. The van der Waals surface area contributed by atoms with Crippen molar-refractivity contribution in [1.82, 2.24) is 9.80 Å². The number of carbonyl (C=O) groups is 3. The first kappa shape index (κ1) is 21.8. The third-order valence-electron chi connectivity index (χ3n) is 5.91. The summed E-state index contributed by atoms with van der Waals surface area (Å²) in [7, 11) is 0. The van der Waals surface area contributed by atoms with Crippen molar-refractivity contribution < 1.29 is 19.5 Å². The zero-order valence-corrected chi connectivity index (χ0v) is 18.1. The maximum absolute atomic E-state index is 13.5. The topological polar surface area (TPSA) is 90.0 Å². The Balaban J connectivity index is 1.71. The standard InChI is InChI=1S/C25H27N3O4/c1-17(30)26-21-11-9-20(10-12-21)22-23(27-13-5-8-19(14-27)16-29)25(32)28(24(22)31)15-18-6-3-2-4-7-18/h2-4,6-7,9-12,19,29H,5,8,13-16H2,1H3,(H,26,30). The first-order chi connectivity index (χ1) is 15.5. The molecule has 4 rings (SSSR count). The number of nitrogens with zero attached hydrogens (tertiary/aromatic N) is 2. The molecule has 2 heterocycles. The van der Waals surface area contributed by atoms with E-state index in [2.05, 4.69) is 5.32 Å². The van der Waals surface area contributed by atoms with E-state index in [-0.39, 0.29) is 36.8 Å². The maximum atomic E-state index is 13.5. The molecule has 32 heavy (non-hydrogen) atoms. The molecule has 0 aliphatic carbocycles. The lowest BCUT2D eigenvalue weighted by Gasteiger charge is -2.34. The number of anilines is 1. The molecule has 166 valence electrons. The highest BCUT2D eigenvalue weighted by Gasteiger charge is 2.42. The number of rotatable bonds is 6. The Morgan fingerprint density at radius 3 is 2.44 bits per heavy atom. The van der Waals surface area contributed by atoms with E-state index < -0.39 is 0 Å². The normalized spacial score (nSPS) is 19.0. The Morgan fingerprint density at radius 2 is 1.78 bits per heavy atom. The van der Waals surface area contributed by atoms with E-state index in [1.165, 1.54) is 11.8 Å². The molecule has 0 bridgehead atoms. The van der Waals surface area contributed by atoms with Crippen molar-refractivity contribution >= 4 is 29.0 Å². The SMILES string of the molecule is CC(=O)Nc1ccc(C2=C(N3CCCC(CO)C3)C(=O)N(Cc3ccccc3)C2=O)cc1. The van der Waals surface area contributed by atoms with Crippen molar-refractivity contribution in [3.05, 3.63) is 71.4 Å². The number of aliphatic hydroxyl groups excluding tert-OH is 1. The molecule has 3 amide bonds. The molecule has 0 radical (unpaired) electrons. The van der Waals surface area contributed by atoms with Gasteiger partial charge in [-0.05, 0) is 42.0 Å². The Hall–Kier alpha value is -3.45. The molecule has 1 atom stereocenters. The van der Waals surface area contributed by atoms with Crippen LogP contribution in [0.4, 0.5) is 5.69 Å². The number of likely N-dealkylation sites (tertiary alicyclic amines) is 1. The molecule has 0 saturated carbocycles. The predicted molar refractivity (Wildman–Crippen MR) is 121 cm³/mol. The average Bonchev–Trinajstić information content (AvgIpc) is 3.05. The van der Waals surface area contributed by atoms with Crippen LogP contribution in [0.15, 0.2) is 60.3 Å². The number of piperidine rings is 1. The van der Waals surface area contributed by atoms with Crippen LogP contribution in [0.1, 0.15) is 30.9 Å². The van der Waals surface area contributed by atoms with Gasteiger partial charge in [0.25, 0.3) is 11.8 Å². The van der Waals surface area contributed by atoms with Crippen molar-refractivity contribution in [2.24, 2.45) is 5.92 Å². The number of hydrogen-bond donors (Lipinski definition) is 2. The average molecular weight is 434 g/mol. The Kier molecular flexibility index (Phi) is 6.37. The minimum absolute atomic E-state index is 0.0559. The smallest absolute Gasteiger partial charge is 0.278 e. The van der Waals surface area contributed by atoms with E-state index in [0.717, 1.165) is 18.4 Å². The van der Waals surface area contributed by atoms with E-state index in [0.29, 0.717) is 35.6 Å². The number of amides is 3. The zero-order chi connectivity index (χ0) is 22.7. The van der Waals surface area contributed by atoms with Crippen molar-refractivity contribution in [2.75, 3.05) is 25.0 Å². The van der Waals surface area contributed by atoms with Crippen LogP contribution in [0.3, 0.4) is 0 Å². The van der Waals surface area contributed by atoms with Crippen molar-refractivity contribution in [3.8, 4) is 0 Å². The first-order valence-corrected chi connectivity index (χ1v) is 10.9. The summed E-state index contributed by atoms with van der Waals surface area (Å²) in [5.41, 5.74) is 2.91. The highest BCUT2D eigenvalue weighted by molar-refractivity contribution is 6.35. The van der Waals surface area contributed by atoms with Gasteiger partial charge >= 0.3 is 0 Å². The van der Waals surface area contributed by atoms with Gasteiger partial charge in [-0.3, -0.25) is 19.3 Å². The largest absolute Gasteiger partial charge is 0.396 e. The Bertz CT molecular complexity index is 1050. The predicted octanol–water partition coefficient (Wildman–Crippen LogP) is 2.63. The molecule has 2 aliphatic rings. The fourth-order valence-corrected chi connectivity index (χ4v) is 4.37. The van der Waals surface area contributed by atoms with E-state index in [1.54, 1.807) is 24.3 Å². The number of nitrogens with one attached hydrogen (secondary N) is 1. The fraction of sp³-hybridized carbons (Fsp3) is 0.320. The number of aliphatic hydroxyl groups is 1. The molecule has 7 heteroatoms. The highest BCUT2D eigenvalue weighted by Crippen LogP contribution is 2.35. The number of imide groups is 1. The van der Waals surface area contributed by atoms with Crippen LogP contribution >= 0.6 is 0 Å². The van der Waals surface area contributed by atoms with Gasteiger partial charge in [-0.1, -0.05) is 42.5 Å². The summed E-state index contributed by atoms with van der Waals surface area (Å²) in [6.45, 7) is 2.89. The molecular formula is C25H27N3O4. The highest BCUT2D eigenvalue weighted by atomic mass is 16.3. The third kappa shape index (κ3) is 4.43. The van der Waals surface area contributed by atoms with Crippen LogP contribution in [-0.4, -0.2) is 52.3 Å². The van der Waals surface area contributed by atoms with Gasteiger partial charge in [0.2, 0.25) is 5.91 Å². The summed E-state index contributed by atoms with van der Waals surface area (Å²) in [5.74, 6) is -0.737. The summed E-state index contributed by atoms with van der Waals surface area (Å²) in [5, 5.41) is 12.4. The van der Waals surface area contributed by atoms with Gasteiger partial charge < -0.3 is 15.3 Å². The minimum Gasteiger partial charge on any atom is -0.396 e. The third-order valence-corrected chi connectivity index (χ3v) is 5.91. The van der Waals surface area contributed by atoms with Crippen LogP contribution in [0, 0.1) is 5.92 Å². The summed E-state index contributed by atoms with van der Waals surface area (Å²) < 4.78 is 0. The second-order valence-electron chi connectivity index (χ2n) is 8.30. The number of carbonyl (C=O) groups excluding carboxylic acids is 3. The molecule has 0 spiro atoms. The molecule has 7 nitrogen and oxygen atoms in total. The van der Waals surface area contributed by atoms with E-state index in [1.807, 2.05) is 35.2 Å². The van der Waals surface area contributed by atoms with Gasteiger partial charge in [-0.25, -0.2) is 0 Å². The molecule has 2 aliphatic heterocycles. The van der Waals surface area contributed by atoms with Crippen molar-refractivity contribution in [3.63, 3.8) is 0 Å². The fourth-order valence-electron chi connectivity index (χ4n) is 4.37. The lowest BCUT2D eigenvalue weighted by atomic mass is 9.97. The van der Waals surface area contributed by atoms with Crippen LogP contribution < -0.4 is 5.32 Å². The molecule has 1 saturated heterocycles. The van der Waals surface area contributed by atoms with Crippen LogP contribution in [0.5, 0.6) is 0 Å². The van der Waals surface area contributed by atoms with Crippen molar-refractivity contribution in [1.29, 1.82) is 0 Å². The van der Waals surface area contributed by atoms with Gasteiger partial charge in [-0.15, -0.1) is 0 Å². The molecule has 2 aromatic rings. The first-order valence-electron chi connectivity index (χ1n) is 10.9. The monoisotopic (exact) mass is 433 g/mol. The van der Waals surface area contributed by atoms with Crippen LogP contribution in [0.2, 0.25) is 0 Å². The molecule has 2 N–H and O–H groups in total. The number of hydrogen-bond acceptors (Lipinski definition) is 5. The van der Waals surface area contributed by atoms with Gasteiger partial charge in [0.05, 0.1) is 12.1 Å². The van der Waals surface area contributed by atoms with E-state index in [9.17, 15) is 19.5 Å². The number of benzene rings is 2. The molecule has 0 aromatic heterocycles. The van der Waals surface area contributed by atoms with Gasteiger partial charge in [0.1, 0.15) is 5.70 Å². The Labute approximate surface area is 187 Å². The second-order valence-corrected chi connectivity index (χ2v) is 8.30. The summed E-state index contributed by atoms with van der Waals surface area (Å²) in [6, 6.07) is 16.4. The van der Waals surface area contributed by atoms with Gasteiger partial charge in [0, 0.05) is 32.3 Å². The molecule has 1 fully saturated rings. The maximum Gasteiger partial charge on any atom is 0.278 e. The quantitative estimate of drug-likeness (QED) is 0.684. The van der Waals surface area contributed by atoms with E-state index >= 15 is 0 Å². The van der Waals surface area contributed by atoms with Crippen LogP contribution in [0.25, 0.3) is 5.57 Å². The van der Waals surface area contributed by atoms with Gasteiger partial charge in [-0.2, -0.15) is 0 Å². The summed E-state index contributed by atoms with van der Waals surface area (Å²) in [4.78, 5) is 41.6.